The van der Waals surface area contributed by atoms with Crippen LogP contribution in [0.2, 0.25) is 5.02 Å². The van der Waals surface area contributed by atoms with Gasteiger partial charge in [-0.1, -0.05) is 18.5 Å². The van der Waals surface area contributed by atoms with Gasteiger partial charge in [-0.3, -0.25) is 9.59 Å². The summed E-state index contributed by atoms with van der Waals surface area (Å²) in [5.41, 5.74) is 0.490. The van der Waals surface area contributed by atoms with E-state index < -0.39 is 35.6 Å². The summed E-state index contributed by atoms with van der Waals surface area (Å²) in [4.78, 5) is 39.4. The molecule has 0 unspecified atom stereocenters. The minimum atomic E-state index is -4.60. The van der Waals surface area contributed by atoms with Gasteiger partial charge in [-0.2, -0.15) is 13.2 Å². The van der Waals surface area contributed by atoms with Crippen LogP contribution >= 0.6 is 22.9 Å². The van der Waals surface area contributed by atoms with E-state index in [0.29, 0.717) is 22.0 Å². The molecule has 4 rings (SSSR count). The summed E-state index contributed by atoms with van der Waals surface area (Å²) in [5.74, 6) is -0.863. The zero-order valence-corrected chi connectivity index (χ0v) is 24.1. The van der Waals surface area contributed by atoms with Crippen molar-refractivity contribution in [3.05, 3.63) is 74.6 Å². The maximum absolute atomic E-state index is 13.0. The molecule has 1 aliphatic carbocycles. The van der Waals surface area contributed by atoms with E-state index in [0.717, 1.165) is 47.9 Å². The highest BCUT2D eigenvalue weighted by Crippen LogP contribution is 2.40. The number of fused-ring (bicyclic) bond motifs is 1. The van der Waals surface area contributed by atoms with Crippen molar-refractivity contribution in [2.24, 2.45) is 5.92 Å². The molecule has 0 fully saturated rings. The maximum Gasteiger partial charge on any atom is 0.416 e. The molecule has 2 amide bonds. The number of thiophene rings is 1. The summed E-state index contributed by atoms with van der Waals surface area (Å²) in [6.45, 7) is 5.52. The highest BCUT2D eigenvalue weighted by Gasteiger charge is 2.32. The molecule has 0 aliphatic heterocycles. The molecule has 1 heterocycles. The minimum absolute atomic E-state index is 0.0545. The van der Waals surface area contributed by atoms with E-state index in [1.165, 1.54) is 42.5 Å². The van der Waals surface area contributed by atoms with Crippen LogP contribution in [0.3, 0.4) is 0 Å². The first-order valence-corrected chi connectivity index (χ1v) is 14.1. The number of halogens is 4. The van der Waals surface area contributed by atoms with Gasteiger partial charge in [-0.15, -0.1) is 11.3 Å². The molecule has 0 radical (unpaired) electrons. The average molecular weight is 609 g/mol. The number of hydrogen-bond acceptors (Lipinski definition) is 6. The Bertz CT molecular complexity index is 1460. The minimum Gasteiger partial charge on any atom is -0.481 e. The van der Waals surface area contributed by atoms with E-state index in [-0.39, 0.29) is 23.1 Å². The van der Waals surface area contributed by atoms with Crippen LogP contribution in [0.15, 0.2) is 42.5 Å². The van der Waals surface area contributed by atoms with E-state index in [9.17, 15) is 27.6 Å². The molecule has 2 N–H and O–H groups in total. The number of esters is 1. The van der Waals surface area contributed by atoms with Gasteiger partial charge in [0.1, 0.15) is 10.8 Å². The van der Waals surface area contributed by atoms with Crippen LogP contribution in [-0.4, -0.2) is 30.5 Å². The molecule has 218 valence electrons. The van der Waals surface area contributed by atoms with Gasteiger partial charge in [0.25, 0.3) is 11.8 Å². The third-order valence-electron chi connectivity index (χ3n) is 6.57. The molecule has 0 bridgehead atoms. The van der Waals surface area contributed by atoms with Gasteiger partial charge < -0.3 is 20.1 Å². The summed E-state index contributed by atoms with van der Waals surface area (Å²) >= 11 is 7.34. The normalized spacial score (nSPS) is 15.4. The monoisotopic (exact) mass is 608 g/mol. The first-order chi connectivity index (χ1) is 19.4. The molecular formula is C29H28ClF3N2O5S. The molecule has 41 heavy (non-hydrogen) atoms. The van der Waals surface area contributed by atoms with Gasteiger partial charge in [0.05, 0.1) is 28.4 Å². The number of carbonyl (C=O) groups is 3. The second-order valence-corrected chi connectivity index (χ2v) is 11.2. The van der Waals surface area contributed by atoms with E-state index in [2.05, 4.69) is 17.6 Å². The fraction of sp³-hybridized carbons (Fsp3) is 0.345. The summed E-state index contributed by atoms with van der Waals surface area (Å²) in [5, 5.41) is 5.59. The predicted octanol–water partition coefficient (Wildman–Crippen LogP) is 7.38. The highest BCUT2D eigenvalue weighted by atomic mass is 35.5. The van der Waals surface area contributed by atoms with Crippen molar-refractivity contribution in [2.75, 3.05) is 17.2 Å². The van der Waals surface area contributed by atoms with Crippen LogP contribution in [-0.2, 0) is 28.5 Å². The largest absolute Gasteiger partial charge is 0.481 e. The lowest BCUT2D eigenvalue weighted by Crippen LogP contribution is -2.30. The lowest BCUT2D eigenvalue weighted by Gasteiger charge is -2.18. The standard InChI is InChI=1S/C29H28ClF3N2O5S/c1-4-39-28(38)24-20-11-5-15(2)13-23(20)41-27(24)35-26(37)17-6-9-19(10-7-17)40-16(3)25(36)34-22-14-18(29(31,32)33)8-12-21(22)30/h6-10,12,14-16H,4-5,11,13H2,1-3H3,(H,34,36)(H,35,37)/t15-,16+/m1/s1. The van der Waals surface area contributed by atoms with Gasteiger partial charge in [0, 0.05) is 10.4 Å². The summed E-state index contributed by atoms with van der Waals surface area (Å²) < 4.78 is 49.9. The Morgan fingerprint density at radius 2 is 1.83 bits per heavy atom. The number of rotatable bonds is 8. The Morgan fingerprint density at radius 3 is 2.49 bits per heavy atom. The van der Waals surface area contributed by atoms with E-state index in [1.807, 2.05) is 0 Å². The predicted molar refractivity (Wildman–Crippen MR) is 151 cm³/mol. The Morgan fingerprint density at radius 1 is 1.12 bits per heavy atom. The van der Waals surface area contributed by atoms with Crippen LogP contribution < -0.4 is 15.4 Å². The fourth-order valence-electron chi connectivity index (χ4n) is 4.41. The van der Waals surface area contributed by atoms with E-state index in [4.69, 9.17) is 21.1 Å². The van der Waals surface area contributed by atoms with Gasteiger partial charge in [-0.05, 0) is 87.1 Å². The van der Waals surface area contributed by atoms with Crippen LogP contribution in [0.25, 0.3) is 0 Å². The number of anilines is 2. The van der Waals surface area contributed by atoms with Gasteiger partial charge in [0.2, 0.25) is 0 Å². The second-order valence-electron chi connectivity index (χ2n) is 9.70. The molecule has 0 saturated carbocycles. The third kappa shape index (κ3) is 7.20. The SMILES string of the molecule is CCOC(=O)c1c(NC(=O)c2ccc(O[C@@H](C)C(=O)Nc3cc(C(F)(F)F)ccc3Cl)cc2)sc2c1CC[C@@H](C)C2. The number of ether oxygens (including phenoxy) is 2. The third-order valence-corrected chi connectivity index (χ3v) is 8.07. The molecule has 2 aromatic carbocycles. The van der Waals surface area contributed by atoms with Crippen LogP contribution in [0.5, 0.6) is 5.75 Å². The molecule has 12 heteroatoms. The Hall–Kier alpha value is -3.57. The van der Waals surface area contributed by atoms with Gasteiger partial charge in [-0.25, -0.2) is 4.79 Å². The maximum atomic E-state index is 13.0. The van der Waals surface area contributed by atoms with Crippen molar-refractivity contribution in [1.82, 2.24) is 0 Å². The van der Waals surface area contributed by atoms with Crippen molar-refractivity contribution in [2.45, 2.75) is 52.3 Å². The number of amides is 2. The number of hydrogen-bond donors (Lipinski definition) is 2. The topological polar surface area (TPSA) is 93.7 Å². The Balaban J connectivity index is 1.42. The first kappa shape index (κ1) is 30.4. The number of carbonyl (C=O) groups excluding carboxylic acids is 3. The average Bonchev–Trinajstić information content (AvgIpc) is 3.26. The number of nitrogens with one attached hydrogen (secondary N) is 2. The van der Waals surface area contributed by atoms with Crippen LogP contribution in [0.1, 0.15) is 63.9 Å². The number of benzene rings is 2. The van der Waals surface area contributed by atoms with Crippen molar-refractivity contribution in [1.29, 1.82) is 0 Å². The smallest absolute Gasteiger partial charge is 0.416 e. The van der Waals surface area contributed by atoms with Crippen LogP contribution in [0.4, 0.5) is 23.9 Å². The van der Waals surface area contributed by atoms with Gasteiger partial charge in [0.15, 0.2) is 6.10 Å². The summed E-state index contributed by atoms with van der Waals surface area (Å²) in [6.07, 6.45) is -3.15. The molecule has 1 aliphatic rings. The molecular weight excluding hydrogens is 581 g/mol. The lowest BCUT2D eigenvalue weighted by molar-refractivity contribution is -0.137. The molecule has 0 spiro atoms. The molecule has 0 saturated heterocycles. The van der Waals surface area contributed by atoms with E-state index in [1.54, 1.807) is 6.92 Å². The zero-order valence-electron chi connectivity index (χ0n) is 22.5. The molecule has 7 nitrogen and oxygen atoms in total. The number of alkyl halides is 3. The summed E-state index contributed by atoms with van der Waals surface area (Å²) in [6, 6.07) is 8.60. The lowest BCUT2D eigenvalue weighted by atomic mass is 9.88. The van der Waals surface area contributed by atoms with Crippen LogP contribution in [0, 0.1) is 5.92 Å². The quantitative estimate of drug-likeness (QED) is 0.260. The van der Waals surface area contributed by atoms with Gasteiger partial charge >= 0.3 is 12.1 Å². The van der Waals surface area contributed by atoms with Crippen molar-refractivity contribution >= 4 is 51.4 Å². The van der Waals surface area contributed by atoms with Crippen molar-refractivity contribution in [3.8, 4) is 5.75 Å². The summed E-state index contributed by atoms with van der Waals surface area (Å²) in [7, 11) is 0. The molecule has 1 aromatic heterocycles. The van der Waals surface area contributed by atoms with E-state index >= 15 is 0 Å². The second kappa shape index (κ2) is 12.5. The molecule has 3 aromatic rings. The van der Waals surface area contributed by atoms with Crippen molar-refractivity contribution in [3.63, 3.8) is 0 Å². The fourth-order valence-corrected chi connectivity index (χ4v) is 5.97. The van der Waals surface area contributed by atoms with Crippen molar-refractivity contribution < 1.29 is 37.0 Å². The Kier molecular flexibility index (Phi) is 9.28. The zero-order chi connectivity index (χ0) is 29.9. The molecule has 2 atom stereocenters. The first-order valence-electron chi connectivity index (χ1n) is 12.9. The highest BCUT2D eigenvalue weighted by molar-refractivity contribution is 7.17. The Labute approximate surface area is 244 Å².